The van der Waals surface area contributed by atoms with E-state index in [1.165, 1.54) is 0 Å². The lowest BCUT2D eigenvalue weighted by Gasteiger charge is -2.18. The molecule has 0 N–H and O–H groups in total. The third-order valence-corrected chi connectivity index (χ3v) is 4.13. The smallest absolute Gasteiger partial charge is 0.338 e. The van der Waals surface area contributed by atoms with Crippen molar-refractivity contribution in [2.24, 2.45) is 5.41 Å². The van der Waals surface area contributed by atoms with Crippen LogP contribution >= 0.6 is 0 Å². The molecule has 1 saturated carbocycles. The van der Waals surface area contributed by atoms with Crippen molar-refractivity contribution in [3.63, 3.8) is 0 Å². The van der Waals surface area contributed by atoms with E-state index in [1.54, 1.807) is 29.2 Å². The highest BCUT2D eigenvalue weighted by molar-refractivity contribution is 5.93. The lowest BCUT2D eigenvalue weighted by molar-refractivity contribution is -0.134. The molecule has 1 aliphatic carbocycles. The Labute approximate surface area is 123 Å². The Morgan fingerprint density at radius 1 is 1.24 bits per heavy atom. The first kappa shape index (κ1) is 13.6. The van der Waals surface area contributed by atoms with Crippen LogP contribution in [0.5, 0.6) is 0 Å². The van der Waals surface area contributed by atoms with E-state index in [2.05, 4.69) is 6.07 Å². The summed E-state index contributed by atoms with van der Waals surface area (Å²) in [6.45, 7) is 1.39. The molecule has 108 valence electrons. The normalized spacial score (nSPS) is 27.0. The first-order valence-electron chi connectivity index (χ1n) is 7.14. The van der Waals surface area contributed by atoms with Crippen LogP contribution in [0.25, 0.3) is 0 Å². The van der Waals surface area contributed by atoms with E-state index in [0.29, 0.717) is 25.1 Å². The van der Waals surface area contributed by atoms with E-state index in [1.807, 2.05) is 6.07 Å². The molecule has 1 heterocycles. The molecule has 2 fully saturated rings. The van der Waals surface area contributed by atoms with Crippen LogP contribution in [0.2, 0.25) is 0 Å². The second-order valence-corrected chi connectivity index (χ2v) is 5.55. The van der Waals surface area contributed by atoms with Gasteiger partial charge in [-0.2, -0.15) is 5.26 Å². The van der Waals surface area contributed by atoms with Gasteiger partial charge in [0.05, 0.1) is 11.6 Å². The molecule has 2 aliphatic rings. The van der Waals surface area contributed by atoms with Crippen molar-refractivity contribution in [3.05, 3.63) is 35.9 Å². The molecule has 5 nitrogen and oxygen atoms in total. The Kier molecular flexibility index (Phi) is 3.38. The van der Waals surface area contributed by atoms with Crippen LogP contribution in [0, 0.1) is 16.7 Å². The van der Waals surface area contributed by atoms with Crippen LogP contribution in [0.1, 0.15) is 29.6 Å². The van der Waals surface area contributed by atoms with Gasteiger partial charge in [0.15, 0.2) is 5.41 Å². The zero-order valence-electron chi connectivity index (χ0n) is 11.6. The van der Waals surface area contributed by atoms with E-state index < -0.39 is 17.5 Å². The number of nitrogens with zero attached hydrogens (tertiary/aromatic N) is 2. The van der Waals surface area contributed by atoms with Gasteiger partial charge in [-0.3, -0.25) is 4.79 Å². The highest BCUT2D eigenvalue weighted by atomic mass is 16.6. The summed E-state index contributed by atoms with van der Waals surface area (Å²) in [4.78, 5) is 26.1. The predicted molar refractivity (Wildman–Crippen MR) is 74.1 cm³/mol. The molecule has 1 aromatic carbocycles. The molecule has 2 atom stereocenters. The topological polar surface area (TPSA) is 70.4 Å². The van der Waals surface area contributed by atoms with Crippen molar-refractivity contribution < 1.29 is 14.3 Å². The van der Waals surface area contributed by atoms with Crippen LogP contribution in [-0.2, 0) is 9.53 Å². The second-order valence-electron chi connectivity index (χ2n) is 5.55. The largest absolute Gasteiger partial charge is 0.456 e. The molecule has 3 rings (SSSR count). The van der Waals surface area contributed by atoms with Crippen molar-refractivity contribution in [3.8, 4) is 6.07 Å². The summed E-state index contributed by atoms with van der Waals surface area (Å²) < 4.78 is 5.33. The number of benzene rings is 1. The lowest BCUT2D eigenvalue weighted by Crippen LogP contribution is -2.36. The van der Waals surface area contributed by atoms with Crippen molar-refractivity contribution in [1.29, 1.82) is 5.26 Å². The van der Waals surface area contributed by atoms with Gasteiger partial charge in [0, 0.05) is 19.5 Å². The van der Waals surface area contributed by atoms with E-state index >= 15 is 0 Å². The highest BCUT2D eigenvalue weighted by Gasteiger charge is 2.65. The number of rotatable bonds is 3. The van der Waals surface area contributed by atoms with Gasteiger partial charge in [-0.1, -0.05) is 18.2 Å². The molecule has 0 bridgehead atoms. The molecule has 0 unspecified atom stereocenters. The molecular formula is C16H16N2O3. The number of carbonyl (C=O) groups is 2. The van der Waals surface area contributed by atoms with Crippen molar-refractivity contribution in [2.45, 2.75) is 25.4 Å². The van der Waals surface area contributed by atoms with Crippen LogP contribution in [0.15, 0.2) is 30.3 Å². The number of amides is 1. The Morgan fingerprint density at radius 3 is 2.52 bits per heavy atom. The van der Waals surface area contributed by atoms with E-state index in [9.17, 15) is 14.9 Å². The quantitative estimate of drug-likeness (QED) is 0.793. The summed E-state index contributed by atoms with van der Waals surface area (Å²) >= 11 is 0. The van der Waals surface area contributed by atoms with Gasteiger partial charge in [-0.25, -0.2) is 4.79 Å². The maximum atomic E-state index is 12.4. The van der Waals surface area contributed by atoms with Crippen molar-refractivity contribution in [1.82, 2.24) is 4.90 Å². The van der Waals surface area contributed by atoms with Crippen molar-refractivity contribution >= 4 is 11.9 Å². The van der Waals surface area contributed by atoms with Gasteiger partial charge in [0.25, 0.3) is 0 Å². The molecule has 5 heteroatoms. The monoisotopic (exact) mass is 284 g/mol. The van der Waals surface area contributed by atoms with Crippen LogP contribution in [-0.4, -0.2) is 36.0 Å². The van der Waals surface area contributed by atoms with Gasteiger partial charge < -0.3 is 9.64 Å². The minimum atomic E-state index is -1.16. The number of hydrogen-bond acceptors (Lipinski definition) is 4. The minimum Gasteiger partial charge on any atom is -0.456 e. The summed E-state index contributed by atoms with van der Waals surface area (Å²) in [5.41, 5.74) is -0.723. The van der Waals surface area contributed by atoms with Gasteiger partial charge >= 0.3 is 5.97 Å². The van der Waals surface area contributed by atoms with Gasteiger partial charge in [0.1, 0.15) is 6.10 Å². The van der Waals surface area contributed by atoms with Crippen molar-refractivity contribution in [2.75, 3.05) is 13.1 Å². The Balaban J connectivity index is 1.67. The fourth-order valence-electron chi connectivity index (χ4n) is 2.74. The standard InChI is InChI=1S/C16H16N2O3/c17-11-16(15(20)18-8-4-5-9-18)10-13(16)21-14(19)12-6-2-1-3-7-12/h1-3,6-7,13H,4-5,8-10H2/t13-,16+/m0/s1. The Hall–Kier alpha value is -2.35. The number of carbonyl (C=O) groups excluding carboxylic acids is 2. The molecule has 1 aliphatic heterocycles. The maximum Gasteiger partial charge on any atom is 0.338 e. The maximum absolute atomic E-state index is 12.4. The first-order valence-corrected chi connectivity index (χ1v) is 7.14. The molecule has 0 spiro atoms. The summed E-state index contributed by atoms with van der Waals surface area (Å²) in [5, 5.41) is 9.35. The molecule has 1 amide bonds. The Morgan fingerprint density at radius 2 is 1.90 bits per heavy atom. The molecule has 1 aromatic rings. The lowest BCUT2D eigenvalue weighted by atomic mass is 10.1. The minimum absolute atomic E-state index is 0.187. The third kappa shape index (κ3) is 2.38. The second kappa shape index (κ2) is 5.21. The molecular weight excluding hydrogens is 268 g/mol. The third-order valence-electron chi connectivity index (χ3n) is 4.13. The van der Waals surface area contributed by atoms with E-state index in [4.69, 9.17) is 4.74 Å². The zero-order valence-corrected chi connectivity index (χ0v) is 11.6. The number of nitriles is 1. The van der Waals surface area contributed by atoms with Gasteiger partial charge in [-0.15, -0.1) is 0 Å². The average molecular weight is 284 g/mol. The highest BCUT2D eigenvalue weighted by Crippen LogP contribution is 2.50. The predicted octanol–water partition coefficient (Wildman–Crippen LogP) is 1.75. The number of ether oxygens (including phenoxy) is 1. The van der Waals surface area contributed by atoms with Crippen LogP contribution < -0.4 is 0 Å². The SMILES string of the molecule is N#C[C@]1(C(=O)N2CCCC2)C[C@@H]1OC(=O)c1ccccc1. The number of esters is 1. The fraction of sp³-hybridized carbons (Fsp3) is 0.438. The van der Waals surface area contributed by atoms with E-state index in [-0.39, 0.29) is 5.91 Å². The number of hydrogen-bond donors (Lipinski definition) is 0. The fourth-order valence-corrected chi connectivity index (χ4v) is 2.74. The van der Waals surface area contributed by atoms with Crippen LogP contribution in [0.3, 0.4) is 0 Å². The molecule has 1 saturated heterocycles. The molecule has 0 aromatic heterocycles. The molecule has 0 radical (unpaired) electrons. The van der Waals surface area contributed by atoms with Gasteiger partial charge in [-0.05, 0) is 25.0 Å². The summed E-state index contributed by atoms with van der Waals surface area (Å²) in [6.07, 6.45) is 1.63. The van der Waals surface area contributed by atoms with Gasteiger partial charge in [0.2, 0.25) is 5.91 Å². The molecule has 21 heavy (non-hydrogen) atoms. The summed E-state index contributed by atoms with van der Waals surface area (Å²) in [7, 11) is 0. The van der Waals surface area contributed by atoms with E-state index in [0.717, 1.165) is 12.8 Å². The summed E-state index contributed by atoms with van der Waals surface area (Å²) in [5.74, 6) is -0.666. The number of likely N-dealkylation sites (tertiary alicyclic amines) is 1. The first-order chi connectivity index (χ1) is 10.2. The summed E-state index contributed by atoms with van der Waals surface area (Å²) in [6, 6.07) is 10.7. The Bertz CT molecular complexity index is 602. The van der Waals surface area contributed by atoms with Crippen LogP contribution in [0.4, 0.5) is 0 Å². The average Bonchev–Trinajstić information content (AvgIpc) is 2.97. The zero-order chi connectivity index (χ0) is 14.9.